The van der Waals surface area contributed by atoms with E-state index in [-0.39, 0.29) is 11.1 Å². The van der Waals surface area contributed by atoms with E-state index in [2.05, 4.69) is 0 Å². The van der Waals surface area contributed by atoms with E-state index in [1.54, 1.807) is 24.3 Å². The Hall–Kier alpha value is -3.05. The number of ether oxygens (including phenoxy) is 2. The highest BCUT2D eigenvalue weighted by molar-refractivity contribution is 6.45. The van der Waals surface area contributed by atoms with Crippen LogP contribution in [0.4, 0.5) is 0 Å². The first-order chi connectivity index (χ1) is 13.6. The monoisotopic (exact) mass is 395 g/mol. The summed E-state index contributed by atoms with van der Waals surface area (Å²) < 4.78 is 12.6. The zero-order valence-corrected chi connectivity index (χ0v) is 16.0. The highest BCUT2D eigenvalue weighted by Gasteiger charge is 2.36. The van der Waals surface area contributed by atoms with Gasteiger partial charge in [-0.3, -0.25) is 0 Å². The Morgan fingerprint density at radius 2 is 1.82 bits per heavy atom. The third-order valence-corrected chi connectivity index (χ3v) is 4.95. The van der Waals surface area contributed by atoms with Gasteiger partial charge in [0.25, 0.3) is 0 Å². The smallest absolute Gasteiger partial charge is 0.347 e. The maximum absolute atomic E-state index is 12.6. The van der Waals surface area contributed by atoms with Crippen LogP contribution < -0.4 is 4.74 Å². The molecule has 28 heavy (non-hydrogen) atoms. The van der Waals surface area contributed by atoms with Gasteiger partial charge in [0.05, 0.1) is 17.8 Å². The Bertz CT molecular complexity index is 1110. The van der Waals surface area contributed by atoms with Crippen molar-refractivity contribution in [2.45, 2.75) is 6.42 Å². The molecule has 3 aromatic rings. The van der Waals surface area contributed by atoms with E-state index in [1.165, 1.54) is 0 Å². The Balaban J connectivity index is 1.85. The van der Waals surface area contributed by atoms with E-state index >= 15 is 0 Å². The van der Waals surface area contributed by atoms with Crippen molar-refractivity contribution >= 4 is 45.6 Å². The van der Waals surface area contributed by atoms with Gasteiger partial charge in [-0.25, -0.2) is 9.59 Å². The molecule has 1 aliphatic heterocycles. The largest absolute Gasteiger partial charge is 0.494 e. The number of aryl methyl sites for hydroxylation is 1. The lowest BCUT2D eigenvalue weighted by atomic mass is 9.96. The fourth-order valence-corrected chi connectivity index (χ4v) is 3.53. The number of para-hydroxylation sites is 1. The van der Waals surface area contributed by atoms with E-state index in [1.807, 2.05) is 42.1 Å². The van der Waals surface area contributed by atoms with E-state index < -0.39 is 11.9 Å². The Labute approximate surface area is 167 Å². The van der Waals surface area contributed by atoms with Crippen LogP contribution in [0, 0.1) is 0 Å². The number of carbonyl (C=O) groups is 2. The molecule has 0 fully saturated rings. The summed E-state index contributed by atoms with van der Waals surface area (Å²) in [5.41, 5.74) is 2.76. The number of rotatable bonds is 6. The van der Waals surface area contributed by atoms with Crippen molar-refractivity contribution in [1.29, 1.82) is 0 Å². The van der Waals surface area contributed by atoms with E-state index in [0.717, 1.165) is 17.3 Å². The van der Waals surface area contributed by atoms with Crippen LogP contribution in [0.25, 0.3) is 22.0 Å². The van der Waals surface area contributed by atoms with E-state index in [9.17, 15) is 9.59 Å². The molecule has 1 aliphatic rings. The van der Waals surface area contributed by atoms with Crippen molar-refractivity contribution < 1.29 is 19.1 Å². The Kier molecular flexibility index (Phi) is 4.92. The van der Waals surface area contributed by atoms with Gasteiger partial charge >= 0.3 is 11.9 Å². The second-order valence-corrected chi connectivity index (χ2v) is 6.89. The summed E-state index contributed by atoms with van der Waals surface area (Å²) in [4.78, 5) is 25.1. The SMILES string of the molecule is Cn1cc(C2=C(c3cccc(OCCCCl)c3)C(=O)OC2=O)c2ccccc21. The Morgan fingerprint density at radius 3 is 2.64 bits per heavy atom. The molecule has 5 nitrogen and oxygen atoms in total. The average molecular weight is 396 g/mol. The molecule has 0 saturated carbocycles. The van der Waals surface area contributed by atoms with Gasteiger partial charge in [0, 0.05) is 35.6 Å². The van der Waals surface area contributed by atoms with Crippen LogP contribution >= 0.6 is 11.6 Å². The van der Waals surface area contributed by atoms with Crippen LogP contribution in [0.15, 0.2) is 54.7 Å². The molecule has 2 aromatic carbocycles. The minimum absolute atomic E-state index is 0.254. The molecule has 6 heteroatoms. The van der Waals surface area contributed by atoms with E-state index in [4.69, 9.17) is 21.1 Å². The van der Waals surface area contributed by atoms with Crippen LogP contribution in [-0.2, 0) is 21.4 Å². The number of hydrogen-bond acceptors (Lipinski definition) is 4. The van der Waals surface area contributed by atoms with Crippen molar-refractivity contribution in [2.24, 2.45) is 7.05 Å². The molecule has 142 valence electrons. The quantitative estimate of drug-likeness (QED) is 0.272. The highest BCUT2D eigenvalue weighted by atomic mass is 35.5. The van der Waals surface area contributed by atoms with Gasteiger partial charge in [0.15, 0.2) is 0 Å². The van der Waals surface area contributed by atoms with Crippen LogP contribution in [0.3, 0.4) is 0 Å². The summed E-state index contributed by atoms with van der Waals surface area (Å²) in [7, 11) is 1.90. The fourth-order valence-electron chi connectivity index (χ4n) is 3.42. The molecule has 0 radical (unpaired) electrons. The third kappa shape index (κ3) is 3.18. The minimum Gasteiger partial charge on any atom is -0.494 e. The molecule has 0 N–H and O–H groups in total. The van der Waals surface area contributed by atoms with Crippen LogP contribution in [-0.4, -0.2) is 29.0 Å². The van der Waals surface area contributed by atoms with Crippen molar-refractivity contribution in [2.75, 3.05) is 12.5 Å². The first-order valence-electron chi connectivity index (χ1n) is 8.94. The van der Waals surface area contributed by atoms with Crippen molar-refractivity contribution in [1.82, 2.24) is 4.57 Å². The lowest BCUT2D eigenvalue weighted by molar-refractivity contribution is -0.149. The maximum Gasteiger partial charge on any atom is 0.347 e. The third-order valence-electron chi connectivity index (χ3n) is 4.68. The molecule has 0 saturated heterocycles. The summed E-state index contributed by atoms with van der Waals surface area (Å²) >= 11 is 5.69. The number of benzene rings is 2. The lowest BCUT2D eigenvalue weighted by Gasteiger charge is -2.08. The first-order valence-corrected chi connectivity index (χ1v) is 9.48. The van der Waals surface area contributed by atoms with Crippen LogP contribution in [0.1, 0.15) is 17.5 Å². The lowest BCUT2D eigenvalue weighted by Crippen LogP contribution is -2.02. The number of esters is 2. The second kappa shape index (κ2) is 7.52. The van der Waals surface area contributed by atoms with Gasteiger partial charge in [-0.15, -0.1) is 11.6 Å². The van der Waals surface area contributed by atoms with Crippen LogP contribution in [0.5, 0.6) is 5.75 Å². The first kappa shape index (κ1) is 18.3. The topological polar surface area (TPSA) is 57.5 Å². The number of halogens is 1. The molecular weight excluding hydrogens is 378 g/mol. The Morgan fingerprint density at radius 1 is 1.04 bits per heavy atom. The normalized spacial score (nSPS) is 14.1. The average Bonchev–Trinajstić information content (AvgIpc) is 3.18. The predicted molar refractivity (Wildman–Crippen MR) is 108 cm³/mol. The number of cyclic esters (lactones) is 2. The molecule has 4 rings (SSSR count). The van der Waals surface area contributed by atoms with Gasteiger partial charge in [-0.2, -0.15) is 0 Å². The van der Waals surface area contributed by atoms with Gasteiger partial charge in [-0.1, -0.05) is 30.3 Å². The van der Waals surface area contributed by atoms with Crippen molar-refractivity contribution in [3.63, 3.8) is 0 Å². The molecule has 2 heterocycles. The summed E-state index contributed by atoms with van der Waals surface area (Å²) in [6.07, 6.45) is 2.57. The fraction of sp³-hybridized carbons (Fsp3) is 0.182. The number of carbonyl (C=O) groups excluding carboxylic acids is 2. The standard InChI is InChI=1S/C22H18ClNO4/c1-24-13-17(16-8-2-3-9-18(16)24)20-19(21(25)28-22(20)26)14-6-4-7-15(12-14)27-11-5-10-23/h2-4,6-9,12-13H,5,10-11H2,1H3. The molecule has 0 bridgehead atoms. The summed E-state index contributed by atoms with van der Waals surface area (Å²) in [6, 6.07) is 14.8. The summed E-state index contributed by atoms with van der Waals surface area (Å²) in [5, 5.41) is 0.888. The summed E-state index contributed by atoms with van der Waals surface area (Å²) in [6.45, 7) is 0.478. The molecule has 0 aliphatic carbocycles. The number of hydrogen-bond donors (Lipinski definition) is 0. The van der Waals surface area contributed by atoms with E-state index in [0.29, 0.717) is 29.4 Å². The summed E-state index contributed by atoms with van der Waals surface area (Å²) in [5.74, 6) is -0.160. The van der Waals surface area contributed by atoms with Gasteiger partial charge in [0.2, 0.25) is 0 Å². The zero-order valence-electron chi connectivity index (χ0n) is 15.3. The van der Waals surface area contributed by atoms with Crippen molar-refractivity contribution in [3.8, 4) is 5.75 Å². The van der Waals surface area contributed by atoms with Crippen LogP contribution in [0.2, 0.25) is 0 Å². The molecule has 0 unspecified atom stereocenters. The second-order valence-electron chi connectivity index (χ2n) is 6.52. The van der Waals surface area contributed by atoms with Gasteiger partial charge in [0.1, 0.15) is 5.75 Å². The van der Waals surface area contributed by atoms with Gasteiger partial charge < -0.3 is 14.0 Å². The number of alkyl halides is 1. The molecule has 0 amide bonds. The predicted octanol–water partition coefficient (Wildman–Crippen LogP) is 4.18. The maximum atomic E-state index is 12.6. The number of aromatic nitrogens is 1. The van der Waals surface area contributed by atoms with Gasteiger partial charge in [-0.05, 0) is 30.2 Å². The van der Waals surface area contributed by atoms with Crippen molar-refractivity contribution in [3.05, 3.63) is 65.9 Å². The molecule has 1 aromatic heterocycles. The highest BCUT2D eigenvalue weighted by Crippen LogP contribution is 2.38. The minimum atomic E-state index is -0.647. The number of fused-ring (bicyclic) bond motifs is 1. The molecule has 0 atom stereocenters. The zero-order chi connectivity index (χ0) is 19.7. The molecular formula is C22H18ClNO4. The number of nitrogens with zero attached hydrogens (tertiary/aromatic N) is 1. The molecule has 0 spiro atoms.